The second-order valence-corrected chi connectivity index (χ2v) is 8.61. The second kappa shape index (κ2) is 8.01. The number of piperazine rings is 1. The number of rotatable bonds is 6. The van der Waals surface area contributed by atoms with Gasteiger partial charge in [-0.3, -0.25) is 4.90 Å². The lowest BCUT2D eigenvalue weighted by molar-refractivity contribution is 0.151. The Bertz CT molecular complexity index is 960. The van der Waals surface area contributed by atoms with E-state index in [0.29, 0.717) is 44.3 Å². The molecule has 10 heteroatoms. The number of hydrogen-bond acceptors (Lipinski definition) is 6. The zero-order valence-corrected chi connectivity index (χ0v) is 17.3. The first-order valence-corrected chi connectivity index (χ1v) is 10.4. The molecule has 0 N–H and O–H groups in total. The lowest BCUT2D eigenvalue weighted by atomic mass is 10.3. The summed E-state index contributed by atoms with van der Waals surface area (Å²) in [6.07, 6.45) is 3.85. The minimum Gasteiger partial charge on any atom is -0.497 e. The van der Waals surface area contributed by atoms with E-state index in [1.807, 2.05) is 28.6 Å². The number of sulfonamides is 1. The molecule has 1 aliphatic rings. The van der Waals surface area contributed by atoms with Gasteiger partial charge >= 0.3 is 0 Å². The van der Waals surface area contributed by atoms with Crippen molar-refractivity contribution in [1.29, 1.82) is 0 Å². The summed E-state index contributed by atoms with van der Waals surface area (Å²) in [6.45, 7) is 2.71. The Balaban J connectivity index is 1.73. The van der Waals surface area contributed by atoms with Gasteiger partial charge < -0.3 is 18.6 Å². The molecule has 1 saturated heterocycles. The van der Waals surface area contributed by atoms with Crippen molar-refractivity contribution in [1.82, 2.24) is 18.3 Å². The molecule has 0 bridgehead atoms. The molecule has 0 saturated carbocycles. The number of ether oxygens (including phenoxy) is 2. The number of imidazole rings is 1. The summed E-state index contributed by atoms with van der Waals surface area (Å²) < 4.78 is 42.7. The van der Waals surface area contributed by atoms with E-state index in [-0.39, 0.29) is 4.90 Å². The van der Waals surface area contributed by atoms with Gasteiger partial charge in [-0.2, -0.15) is 4.31 Å². The van der Waals surface area contributed by atoms with Gasteiger partial charge in [-0.15, -0.1) is 0 Å². The van der Waals surface area contributed by atoms with Gasteiger partial charge in [0.2, 0.25) is 10.0 Å². The first kappa shape index (κ1) is 19.9. The van der Waals surface area contributed by atoms with E-state index in [0.717, 1.165) is 4.77 Å². The summed E-state index contributed by atoms with van der Waals surface area (Å²) in [7, 11) is 1.21. The molecule has 1 aromatic heterocycles. The molecule has 0 atom stereocenters. The van der Waals surface area contributed by atoms with Crippen molar-refractivity contribution in [2.75, 3.05) is 40.4 Å². The molecule has 148 valence electrons. The van der Waals surface area contributed by atoms with Crippen molar-refractivity contribution in [3.63, 3.8) is 0 Å². The number of methoxy groups -OCH3 is 2. The van der Waals surface area contributed by atoms with Crippen LogP contribution < -0.4 is 9.47 Å². The van der Waals surface area contributed by atoms with Crippen molar-refractivity contribution in [2.45, 2.75) is 11.6 Å². The maximum Gasteiger partial charge on any atom is 0.246 e. The third kappa shape index (κ3) is 4.03. The van der Waals surface area contributed by atoms with E-state index in [9.17, 15) is 8.42 Å². The van der Waals surface area contributed by atoms with E-state index in [2.05, 4.69) is 4.90 Å². The van der Waals surface area contributed by atoms with Crippen molar-refractivity contribution < 1.29 is 17.9 Å². The van der Waals surface area contributed by atoms with Crippen molar-refractivity contribution in [3.05, 3.63) is 35.4 Å². The first-order chi connectivity index (χ1) is 12.9. The van der Waals surface area contributed by atoms with Crippen molar-refractivity contribution in [2.24, 2.45) is 7.05 Å². The van der Waals surface area contributed by atoms with Crippen molar-refractivity contribution in [3.8, 4) is 11.5 Å². The molecular formula is C17H24N4O4S2. The van der Waals surface area contributed by atoms with Gasteiger partial charge in [0, 0.05) is 51.7 Å². The van der Waals surface area contributed by atoms with E-state index < -0.39 is 10.0 Å². The smallest absolute Gasteiger partial charge is 0.246 e. The van der Waals surface area contributed by atoms with Gasteiger partial charge in [-0.05, 0) is 24.4 Å². The molecule has 2 aromatic rings. The minimum atomic E-state index is -3.67. The van der Waals surface area contributed by atoms with Crippen LogP contribution in [-0.2, 0) is 23.7 Å². The Kier molecular flexibility index (Phi) is 5.89. The zero-order valence-electron chi connectivity index (χ0n) is 15.7. The monoisotopic (exact) mass is 412 g/mol. The largest absolute Gasteiger partial charge is 0.497 e. The van der Waals surface area contributed by atoms with Crippen LogP contribution in [-0.4, -0.2) is 67.2 Å². The van der Waals surface area contributed by atoms with E-state index in [1.165, 1.54) is 24.6 Å². The Hall–Kier alpha value is -1.88. The van der Waals surface area contributed by atoms with Crippen LogP contribution in [0.1, 0.15) is 0 Å². The Morgan fingerprint density at radius 2 is 1.78 bits per heavy atom. The maximum atomic E-state index is 13.1. The predicted molar refractivity (Wildman–Crippen MR) is 104 cm³/mol. The molecule has 3 rings (SSSR count). The number of hydrogen-bond donors (Lipinski definition) is 0. The number of nitrogens with zero attached hydrogens (tertiary/aromatic N) is 4. The summed E-state index contributed by atoms with van der Waals surface area (Å²) in [4.78, 5) is 2.31. The van der Waals surface area contributed by atoms with Crippen LogP contribution in [0, 0.1) is 4.77 Å². The number of aryl methyl sites for hydroxylation is 1. The van der Waals surface area contributed by atoms with Gasteiger partial charge in [0.15, 0.2) is 4.77 Å². The Morgan fingerprint density at radius 3 is 2.33 bits per heavy atom. The molecule has 8 nitrogen and oxygen atoms in total. The average Bonchev–Trinajstić information content (AvgIpc) is 3.00. The molecule has 1 aliphatic heterocycles. The zero-order chi connectivity index (χ0) is 19.6. The predicted octanol–water partition coefficient (Wildman–Crippen LogP) is 1.54. The molecule has 0 radical (unpaired) electrons. The highest BCUT2D eigenvalue weighted by Gasteiger charge is 2.31. The summed E-state index contributed by atoms with van der Waals surface area (Å²) in [6, 6.07) is 4.79. The standard InChI is InChI=1S/C17H24N4O4S2/c1-18-6-9-20(17(18)26)13-19-7-10-21(11-8-19)27(22,23)16-12-14(24-2)4-5-15(16)25-3/h4-6,9,12H,7-8,10-11,13H2,1-3H3. The fraction of sp³-hybridized carbons (Fsp3) is 0.471. The maximum absolute atomic E-state index is 13.1. The lowest BCUT2D eigenvalue weighted by Gasteiger charge is -2.34. The molecule has 0 amide bonds. The Morgan fingerprint density at radius 1 is 1.07 bits per heavy atom. The molecule has 0 spiro atoms. The highest BCUT2D eigenvalue weighted by atomic mass is 32.2. The average molecular weight is 413 g/mol. The fourth-order valence-corrected chi connectivity index (χ4v) is 4.84. The van der Waals surface area contributed by atoms with E-state index in [4.69, 9.17) is 21.7 Å². The van der Waals surface area contributed by atoms with Crippen LogP contribution >= 0.6 is 12.2 Å². The third-order valence-corrected chi connectivity index (χ3v) is 7.13. The molecule has 2 heterocycles. The summed E-state index contributed by atoms with van der Waals surface area (Å²) in [5.74, 6) is 0.792. The van der Waals surface area contributed by atoms with Gasteiger partial charge in [-0.1, -0.05) is 0 Å². The summed E-state index contributed by atoms with van der Waals surface area (Å²) in [5.41, 5.74) is 0. The quantitative estimate of drug-likeness (QED) is 0.671. The SMILES string of the molecule is COc1ccc(OC)c(S(=O)(=O)N2CCN(Cn3ccn(C)c3=S)CC2)c1. The Labute approximate surface area is 164 Å². The van der Waals surface area contributed by atoms with Crippen LogP contribution in [0.5, 0.6) is 11.5 Å². The number of benzene rings is 1. The molecule has 1 aromatic carbocycles. The third-order valence-electron chi connectivity index (χ3n) is 4.69. The highest BCUT2D eigenvalue weighted by molar-refractivity contribution is 7.89. The van der Waals surface area contributed by atoms with Crippen LogP contribution in [0.25, 0.3) is 0 Å². The topological polar surface area (TPSA) is 68.9 Å². The highest BCUT2D eigenvalue weighted by Crippen LogP contribution is 2.31. The van der Waals surface area contributed by atoms with E-state index >= 15 is 0 Å². The van der Waals surface area contributed by atoms with Gasteiger partial charge in [0.1, 0.15) is 16.4 Å². The molecule has 27 heavy (non-hydrogen) atoms. The van der Waals surface area contributed by atoms with Crippen molar-refractivity contribution >= 4 is 22.2 Å². The van der Waals surface area contributed by atoms with Gasteiger partial charge in [0.25, 0.3) is 0 Å². The summed E-state index contributed by atoms with van der Waals surface area (Å²) >= 11 is 5.36. The fourth-order valence-electron chi connectivity index (χ4n) is 3.07. The minimum absolute atomic E-state index is 0.128. The van der Waals surface area contributed by atoms with Gasteiger partial charge in [0.05, 0.1) is 20.9 Å². The normalized spacial score (nSPS) is 16.4. The number of aromatic nitrogens is 2. The van der Waals surface area contributed by atoms with Crippen LogP contribution in [0.2, 0.25) is 0 Å². The molecule has 0 unspecified atom stereocenters. The van der Waals surface area contributed by atoms with Crippen LogP contribution in [0.4, 0.5) is 0 Å². The lowest BCUT2D eigenvalue weighted by Crippen LogP contribution is -2.48. The molecule has 0 aliphatic carbocycles. The molecular weight excluding hydrogens is 388 g/mol. The van der Waals surface area contributed by atoms with E-state index in [1.54, 1.807) is 12.1 Å². The molecule has 1 fully saturated rings. The second-order valence-electron chi connectivity index (χ2n) is 6.34. The van der Waals surface area contributed by atoms with Gasteiger partial charge in [-0.25, -0.2) is 8.42 Å². The van der Waals surface area contributed by atoms with Crippen LogP contribution in [0.3, 0.4) is 0 Å². The van der Waals surface area contributed by atoms with Crippen LogP contribution in [0.15, 0.2) is 35.5 Å². The summed E-state index contributed by atoms with van der Waals surface area (Å²) in [5, 5.41) is 0. The first-order valence-electron chi connectivity index (χ1n) is 8.53.